The molecule has 0 aliphatic heterocycles. The summed E-state index contributed by atoms with van der Waals surface area (Å²) in [6.45, 7) is 4.08. The minimum absolute atomic E-state index is 0.268. The van der Waals surface area contributed by atoms with Crippen LogP contribution in [0.25, 0.3) is 21.1 Å². The molecule has 0 bridgehead atoms. The molecule has 0 amide bonds. The highest BCUT2D eigenvalue weighted by Crippen LogP contribution is 2.31. The molecule has 5 aromatic rings. The first-order valence-electron chi connectivity index (χ1n) is 10.3. The van der Waals surface area contributed by atoms with Gasteiger partial charge in [0.05, 0.1) is 23.1 Å². The van der Waals surface area contributed by atoms with Crippen molar-refractivity contribution in [2.24, 2.45) is 0 Å². The number of aromatic nitrogens is 4. The van der Waals surface area contributed by atoms with Crippen molar-refractivity contribution in [3.8, 4) is 0 Å². The lowest BCUT2D eigenvalue weighted by Crippen LogP contribution is -2.17. The molecule has 0 aliphatic carbocycles. The van der Waals surface area contributed by atoms with E-state index >= 15 is 0 Å². The molecule has 1 N–H and O–H groups in total. The molecule has 7 nitrogen and oxygen atoms in total. The summed E-state index contributed by atoms with van der Waals surface area (Å²) >= 11 is 7.62. The molecule has 3 heterocycles. The van der Waals surface area contributed by atoms with Crippen molar-refractivity contribution in [1.29, 1.82) is 0 Å². The lowest BCUT2D eigenvalue weighted by Gasteiger charge is -2.12. The van der Waals surface area contributed by atoms with Gasteiger partial charge in [0, 0.05) is 10.4 Å². The number of H-pyrrole nitrogens is 1. The van der Waals surface area contributed by atoms with Crippen molar-refractivity contribution in [2.75, 3.05) is 0 Å². The van der Waals surface area contributed by atoms with Crippen LogP contribution in [0.15, 0.2) is 59.4 Å². The van der Waals surface area contributed by atoms with E-state index in [1.807, 2.05) is 35.9 Å². The van der Waals surface area contributed by atoms with Crippen LogP contribution in [0.5, 0.6) is 0 Å². The zero-order chi connectivity index (χ0) is 23.1. The molecule has 5 rings (SSSR count). The maximum absolute atomic E-state index is 12.9. The highest BCUT2D eigenvalue weighted by atomic mass is 35.5. The van der Waals surface area contributed by atoms with E-state index in [9.17, 15) is 9.59 Å². The summed E-state index contributed by atoms with van der Waals surface area (Å²) < 4.78 is 7.48. The predicted molar refractivity (Wildman–Crippen MR) is 129 cm³/mol. The van der Waals surface area contributed by atoms with Crippen LogP contribution in [0.1, 0.15) is 39.8 Å². The van der Waals surface area contributed by atoms with Gasteiger partial charge in [0.15, 0.2) is 11.9 Å². The Morgan fingerprint density at radius 1 is 1.18 bits per heavy atom. The number of fused-ring (bicyclic) bond motifs is 2. The Labute approximate surface area is 197 Å². The standard InChI is InChI=1S/C24H19ClN4O3S/c1-13-17-11-20(33-23(17)29(28-13)12-15-7-3-5-9-18(15)25)24(31)32-14(2)21-26-19-10-6-4-8-16(19)22(30)27-21/h3-11,14H,12H2,1-2H3,(H,26,27,30)/t14-/m1/s1. The normalized spacial score (nSPS) is 12.3. The van der Waals surface area contributed by atoms with Crippen molar-refractivity contribution in [3.05, 3.63) is 91.9 Å². The van der Waals surface area contributed by atoms with E-state index in [2.05, 4.69) is 15.1 Å². The summed E-state index contributed by atoms with van der Waals surface area (Å²) in [6.07, 6.45) is -0.722. The quantitative estimate of drug-likeness (QED) is 0.348. The van der Waals surface area contributed by atoms with Gasteiger partial charge < -0.3 is 9.72 Å². The smallest absolute Gasteiger partial charge is 0.349 e. The fourth-order valence-electron chi connectivity index (χ4n) is 3.68. The highest BCUT2D eigenvalue weighted by Gasteiger charge is 2.21. The Bertz CT molecular complexity index is 1570. The van der Waals surface area contributed by atoms with Gasteiger partial charge in [0.1, 0.15) is 9.71 Å². The second-order valence-electron chi connectivity index (χ2n) is 7.68. The predicted octanol–water partition coefficient (Wildman–Crippen LogP) is 5.26. The maximum Gasteiger partial charge on any atom is 0.349 e. The van der Waals surface area contributed by atoms with Gasteiger partial charge >= 0.3 is 5.97 Å². The van der Waals surface area contributed by atoms with Crippen LogP contribution < -0.4 is 5.56 Å². The highest BCUT2D eigenvalue weighted by molar-refractivity contribution is 7.20. The fraction of sp³-hybridized carbons (Fsp3) is 0.167. The number of hydrogen-bond acceptors (Lipinski definition) is 6. The fourth-order valence-corrected chi connectivity index (χ4v) is 4.92. The second-order valence-corrected chi connectivity index (χ2v) is 9.12. The molecular formula is C24H19ClN4O3S. The Morgan fingerprint density at radius 2 is 1.94 bits per heavy atom. The van der Waals surface area contributed by atoms with E-state index in [1.165, 1.54) is 11.3 Å². The number of carbonyl (C=O) groups is 1. The van der Waals surface area contributed by atoms with Gasteiger partial charge in [-0.1, -0.05) is 41.9 Å². The summed E-state index contributed by atoms with van der Waals surface area (Å²) in [5.74, 6) is -0.183. The van der Waals surface area contributed by atoms with E-state index in [0.29, 0.717) is 33.2 Å². The van der Waals surface area contributed by atoms with Gasteiger partial charge in [0.2, 0.25) is 0 Å². The number of aryl methyl sites for hydroxylation is 1. The van der Waals surface area contributed by atoms with Crippen LogP contribution in [0.2, 0.25) is 5.02 Å². The molecule has 33 heavy (non-hydrogen) atoms. The van der Waals surface area contributed by atoms with E-state index in [1.54, 1.807) is 37.3 Å². The Kier molecular flexibility index (Phi) is 5.47. The topological polar surface area (TPSA) is 89.9 Å². The van der Waals surface area contributed by atoms with Crippen LogP contribution >= 0.6 is 22.9 Å². The lowest BCUT2D eigenvalue weighted by atomic mass is 10.2. The average molecular weight is 479 g/mol. The van der Waals surface area contributed by atoms with Crippen LogP contribution in [0.3, 0.4) is 0 Å². The third-order valence-electron chi connectivity index (χ3n) is 5.39. The summed E-state index contributed by atoms with van der Waals surface area (Å²) in [5, 5.41) is 6.65. The maximum atomic E-state index is 12.9. The average Bonchev–Trinajstić information content (AvgIpc) is 3.36. The van der Waals surface area contributed by atoms with E-state index < -0.39 is 12.1 Å². The first kappa shape index (κ1) is 21.4. The third-order valence-corrected chi connectivity index (χ3v) is 6.88. The monoisotopic (exact) mass is 478 g/mol. The molecule has 0 saturated heterocycles. The van der Waals surface area contributed by atoms with Gasteiger partial charge in [-0.3, -0.25) is 9.48 Å². The molecule has 0 radical (unpaired) electrons. The number of carbonyl (C=O) groups excluding carboxylic acids is 1. The number of ether oxygens (including phenoxy) is 1. The SMILES string of the molecule is Cc1nn(Cc2ccccc2Cl)c2sc(C(=O)O[C@H](C)c3nc4ccccc4c(=O)[nH]3)cc12. The van der Waals surface area contributed by atoms with Crippen molar-refractivity contribution in [1.82, 2.24) is 19.7 Å². The van der Waals surface area contributed by atoms with Gasteiger partial charge in [-0.25, -0.2) is 9.78 Å². The first-order valence-corrected chi connectivity index (χ1v) is 11.5. The number of hydrogen-bond donors (Lipinski definition) is 1. The molecule has 0 fully saturated rings. The number of esters is 1. The number of benzene rings is 2. The molecule has 0 spiro atoms. The minimum Gasteiger partial charge on any atom is -0.450 e. The number of para-hydroxylation sites is 1. The van der Waals surface area contributed by atoms with Crippen LogP contribution in [0.4, 0.5) is 0 Å². The van der Waals surface area contributed by atoms with Crippen molar-refractivity contribution in [2.45, 2.75) is 26.5 Å². The number of thiophene rings is 1. The van der Waals surface area contributed by atoms with E-state index in [4.69, 9.17) is 16.3 Å². The molecule has 0 aliphatic rings. The van der Waals surface area contributed by atoms with E-state index in [0.717, 1.165) is 21.5 Å². The number of rotatable bonds is 5. The van der Waals surface area contributed by atoms with Gasteiger partial charge in [-0.05, 0) is 43.7 Å². The number of nitrogens with one attached hydrogen (secondary N) is 1. The summed E-state index contributed by atoms with van der Waals surface area (Å²) in [6, 6.07) is 16.4. The van der Waals surface area contributed by atoms with E-state index in [-0.39, 0.29) is 5.56 Å². The molecule has 166 valence electrons. The van der Waals surface area contributed by atoms with Crippen molar-refractivity contribution < 1.29 is 9.53 Å². The zero-order valence-electron chi connectivity index (χ0n) is 17.8. The minimum atomic E-state index is -0.722. The first-order chi connectivity index (χ1) is 15.9. The largest absolute Gasteiger partial charge is 0.450 e. The summed E-state index contributed by atoms with van der Waals surface area (Å²) in [4.78, 5) is 33.7. The van der Waals surface area contributed by atoms with Gasteiger partial charge in [-0.15, -0.1) is 11.3 Å². The molecule has 0 saturated carbocycles. The van der Waals surface area contributed by atoms with Crippen molar-refractivity contribution >= 4 is 50.0 Å². The molecule has 0 unspecified atom stereocenters. The lowest BCUT2D eigenvalue weighted by molar-refractivity contribution is 0.0326. The molecule has 2 aromatic carbocycles. The molecule has 9 heteroatoms. The third kappa shape index (κ3) is 4.03. The number of aromatic amines is 1. The Hall–Kier alpha value is -3.49. The van der Waals surface area contributed by atoms with Gasteiger partial charge in [0.25, 0.3) is 5.56 Å². The van der Waals surface area contributed by atoms with Crippen LogP contribution in [-0.2, 0) is 11.3 Å². The van der Waals surface area contributed by atoms with Crippen LogP contribution in [0, 0.1) is 6.92 Å². The van der Waals surface area contributed by atoms with Crippen LogP contribution in [-0.4, -0.2) is 25.7 Å². The van der Waals surface area contributed by atoms with Gasteiger partial charge in [-0.2, -0.15) is 5.10 Å². The number of nitrogens with zero attached hydrogens (tertiary/aromatic N) is 3. The molecular weight excluding hydrogens is 460 g/mol. The zero-order valence-corrected chi connectivity index (χ0v) is 19.4. The second kappa shape index (κ2) is 8.46. The Morgan fingerprint density at radius 3 is 2.76 bits per heavy atom. The summed E-state index contributed by atoms with van der Waals surface area (Å²) in [5.41, 5.74) is 2.05. The summed E-state index contributed by atoms with van der Waals surface area (Å²) in [7, 11) is 0. The molecule has 3 aromatic heterocycles. The molecule has 1 atom stereocenters. The number of halogens is 1. The Balaban J connectivity index is 1.41. The van der Waals surface area contributed by atoms with Crippen molar-refractivity contribution in [3.63, 3.8) is 0 Å².